The van der Waals surface area contributed by atoms with Gasteiger partial charge in [-0.05, 0) is 46.1 Å². The van der Waals surface area contributed by atoms with Crippen molar-refractivity contribution in [3.05, 3.63) is 18.0 Å². The topological polar surface area (TPSA) is 61.6 Å². The van der Waals surface area contributed by atoms with Crippen LogP contribution >= 0.6 is 11.8 Å². The summed E-state index contributed by atoms with van der Waals surface area (Å²) in [6.45, 7) is 6.15. The van der Waals surface area contributed by atoms with Gasteiger partial charge in [0.1, 0.15) is 5.54 Å². The lowest BCUT2D eigenvalue weighted by molar-refractivity contribution is 0.386. The van der Waals surface area contributed by atoms with E-state index in [1.54, 1.807) is 18.0 Å². The van der Waals surface area contributed by atoms with Crippen LogP contribution in [0.25, 0.3) is 0 Å². The maximum absolute atomic E-state index is 9.44. The summed E-state index contributed by atoms with van der Waals surface area (Å²) in [7, 11) is 0. The van der Waals surface area contributed by atoms with Crippen molar-refractivity contribution < 1.29 is 0 Å². The maximum Gasteiger partial charge on any atom is 0.187 e. The van der Waals surface area contributed by atoms with E-state index in [9.17, 15) is 5.26 Å². The van der Waals surface area contributed by atoms with E-state index in [1.165, 1.54) is 0 Å². The van der Waals surface area contributed by atoms with E-state index in [0.717, 1.165) is 30.1 Å². The van der Waals surface area contributed by atoms with Crippen LogP contribution in [0, 0.1) is 18.3 Å². The molecule has 2 rings (SSSR count). The molecule has 0 amide bonds. The standard InChI is InChI=1S/C14H20N4S/c1-10(2)18-14(9-15)6-4-12(8-14)19-13-16-7-5-11(3)17-13/h5,7,10,12,18H,4,6,8H2,1-3H3. The van der Waals surface area contributed by atoms with Crippen LogP contribution < -0.4 is 5.32 Å². The number of rotatable bonds is 4. The first-order valence-electron chi connectivity index (χ1n) is 6.68. The van der Waals surface area contributed by atoms with Gasteiger partial charge in [-0.3, -0.25) is 5.32 Å². The van der Waals surface area contributed by atoms with Gasteiger partial charge in [0.25, 0.3) is 0 Å². The minimum absolute atomic E-state index is 0.332. The maximum atomic E-state index is 9.44. The molecule has 2 atom stereocenters. The van der Waals surface area contributed by atoms with Crippen LogP contribution in [0.2, 0.25) is 0 Å². The summed E-state index contributed by atoms with van der Waals surface area (Å²) >= 11 is 1.70. The smallest absolute Gasteiger partial charge is 0.187 e. The average Bonchev–Trinajstić information content (AvgIpc) is 2.72. The molecule has 0 bridgehead atoms. The molecule has 1 aliphatic carbocycles. The fourth-order valence-corrected chi connectivity index (χ4v) is 3.77. The normalized spacial score (nSPS) is 26.6. The summed E-state index contributed by atoms with van der Waals surface area (Å²) in [4.78, 5) is 8.71. The van der Waals surface area contributed by atoms with Crippen molar-refractivity contribution in [1.82, 2.24) is 15.3 Å². The van der Waals surface area contributed by atoms with Crippen LogP contribution in [0.4, 0.5) is 0 Å². The zero-order chi connectivity index (χ0) is 13.9. The number of nitrogens with one attached hydrogen (secondary N) is 1. The number of nitriles is 1. The van der Waals surface area contributed by atoms with Gasteiger partial charge in [-0.1, -0.05) is 11.8 Å². The molecule has 102 valence electrons. The molecule has 1 heterocycles. The predicted molar refractivity (Wildman–Crippen MR) is 76.9 cm³/mol. The SMILES string of the molecule is Cc1ccnc(SC2CCC(C#N)(NC(C)C)C2)n1. The summed E-state index contributed by atoms with van der Waals surface area (Å²) in [6, 6.07) is 4.70. The third kappa shape index (κ3) is 3.68. The van der Waals surface area contributed by atoms with E-state index >= 15 is 0 Å². The van der Waals surface area contributed by atoms with Gasteiger partial charge < -0.3 is 0 Å². The fourth-order valence-electron chi connectivity index (χ4n) is 2.55. The molecule has 4 nitrogen and oxygen atoms in total. The minimum atomic E-state index is -0.365. The fraction of sp³-hybridized carbons (Fsp3) is 0.643. The molecule has 2 unspecified atom stereocenters. The van der Waals surface area contributed by atoms with Crippen molar-refractivity contribution in [3.63, 3.8) is 0 Å². The van der Waals surface area contributed by atoms with Crippen molar-refractivity contribution in [2.24, 2.45) is 0 Å². The molecule has 1 aromatic rings. The summed E-state index contributed by atoms with van der Waals surface area (Å²) in [5.74, 6) is 0. The first-order chi connectivity index (χ1) is 9.03. The van der Waals surface area contributed by atoms with Gasteiger partial charge in [-0.2, -0.15) is 5.26 Å². The Morgan fingerprint density at radius 1 is 1.58 bits per heavy atom. The van der Waals surface area contributed by atoms with Crippen molar-refractivity contribution in [2.45, 2.75) is 62.0 Å². The van der Waals surface area contributed by atoms with Crippen molar-refractivity contribution >= 4 is 11.8 Å². The number of aromatic nitrogens is 2. The summed E-state index contributed by atoms with van der Waals surface area (Å²) in [5.41, 5.74) is 0.623. The van der Waals surface area contributed by atoms with Crippen LogP contribution in [0.5, 0.6) is 0 Å². The van der Waals surface area contributed by atoms with Gasteiger partial charge in [0.2, 0.25) is 0 Å². The summed E-state index contributed by atoms with van der Waals surface area (Å²) < 4.78 is 0. The molecule has 19 heavy (non-hydrogen) atoms. The Kier molecular flexibility index (Phi) is 4.43. The first-order valence-corrected chi connectivity index (χ1v) is 7.56. The number of thioether (sulfide) groups is 1. The molecule has 1 aliphatic rings. The second-order valence-corrected chi connectivity index (χ2v) is 6.72. The van der Waals surface area contributed by atoms with E-state index in [4.69, 9.17) is 0 Å². The average molecular weight is 276 g/mol. The predicted octanol–water partition coefficient (Wildman–Crippen LogP) is 2.69. The largest absolute Gasteiger partial charge is 0.297 e. The molecule has 0 aromatic carbocycles. The van der Waals surface area contributed by atoms with Crippen LogP contribution in [-0.4, -0.2) is 26.8 Å². The number of hydrogen-bond acceptors (Lipinski definition) is 5. The van der Waals surface area contributed by atoms with Crippen molar-refractivity contribution in [1.29, 1.82) is 5.26 Å². The van der Waals surface area contributed by atoms with Gasteiger partial charge >= 0.3 is 0 Å². The Bertz CT molecular complexity index is 483. The van der Waals surface area contributed by atoms with E-state index in [2.05, 4.69) is 35.2 Å². The number of hydrogen-bond donors (Lipinski definition) is 1. The van der Waals surface area contributed by atoms with E-state index in [0.29, 0.717) is 11.3 Å². The van der Waals surface area contributed by atoms with Crippen LogP contribution in [0.3, 0.4) is 0 Å². The van der Waals surface area contributed by atoms with Gasteiger partial charge in [0.15, 0.2) is 5.16 Å². The van der Waals surface area contributed by atoms with Crippen LogP contribution in [0.15, 0.2) is 17.4 Å². The molecule has 0 spiro atoms. The van der Waals surface area contributed by atoms with Crippen LogP contribution in [-0.2, 0) is 0 Å². The molecule has 0 radical (unpaired) electrons. The van der Waals surface area contributed by atoms with E-state index in [-0.39, 0.29) is 5.54 Å². The quantitative estimate of drug-likeness (QED) is 0.857. The highest BCUT2D eigenvalue weighted by molar-refractivity contribution is 7.99. The van der Waals surface area contributed by atoms with Gasteiger partial charge in [0.05, 0.1) is 6.07 Å². The van der Waals surface area contributed by atoms with Crippen LogP contribution in [0.1, 0.15) is 38.8 Å². The van der Waals surface area contributed by atoms with Gasteiger partial charge in [-0.25, -0.2) is 9.97 Å². The highest BCUT2D eigenvalue weighted by Crippen LogP contribution is 2.39. The lowest BCUT2D eigenvalue weighted by atomic mass is 9.99. The molecular formula is C14H20N4S. The number of aryl methyl sites for hydroxylation is 1. The molecule has 1 aromatic heterocycles. The number of nitrogens with zero attached hydrogens (tertiary/aromatic N) is 3. The van der Waals surface area contributed by atoms with Crippen molar-refractivity contribution in [2.75, 3.05) is 0 Å². The lowest BCUT2D eigenvalue weighted by Crippen LogP contribution is -2.45. The van der Waals surface area contributed by atoms with Crippen molar-refractivity contribution in [3.8, 4) is 6.07 Å². The monoisotopic (exact) mass is 276 g/mol. The Balaban J connectivity index is 2.00. The Morgan fingerprint density at radius 3 is 3.00 bits per heavy atom. The highest BCUT2D eigenvalue weighted by atomic mass is 32.2. The summed E-state index contributed by atoms with van der Waals surface area (Å²) in [6.07, 6.45) is 4.60. The van der Waals surface area contributed by atoms with E-state index in [1.807, 2.05) is 13.0 Å². The first kappa shape index (κ1) is 14.3. The molecule has 1 saturated carbocycles. The second kappa shape index (κ2) is 5.89. The zero-order valence-corrected chi connectivity index (χ0v) is 12.5. The molecule has 0 aliphatic heterocycles. The van der Waals surface area contributed by atoms with Gasteiger partial charge in [0, 0.05) is 23.2 Å². The Morgan fingerprint density at radius 2 is 2.37 bits per heavy atom. The lowest BCUT2D eigenvalue weighted by Gasteiger charge is -2.25. The Hall–Kier alpha value is -1.12. The molecule has 1 N–H and O–H groups in total. The second-order valence-electron chi connectivity index (χ2n) is 5.46. The molecule has 0 saturated heterocycles. The third-order valence-electron chi connectivity index (χ3n) is 3.29. The highest BCUT2D eigenvalue weighted by Gasteiger charge is 2.40. The molecular weight excluding hydrogens is 256 g/mol. The summed E-state index contributed by atoms with van der Waals surface area (Å²) in [5, 5.41) is 14.1. The van der Waals surface area contributed by atoms with Gasteiger partial charge in [-0.15, -0.1) is 0 Å². The zero-order valence-electron chi connectivity index (χ0n) is 11.7. The van der Waals surface area contributed by atoms with E-state index < -0.39 is 0 Å². The third-order valence-corrected chi connectivity index (χ3v) is 4.44. The molecule has 1 fully saturated rings. The molecule has 5 heteroatoms. The Labute approximate surface area is 119 Å². The minimum Gasteiger partial charge on any atom is -0.297 e.